The van der Waals surface area contributed by atoms with E-state index in [4.69, 9.17) is 0 Å². The van der Waals surface area contributed by atoms with Gasteiger partial charge in [-0.15, -0.1) is 0 Å². The van der Waals surface area contributed by atoms with Gasteiger partial charge in [-0.1, -0.05) is 18.2 Å². The van der Waals surface area contributed by atoms with Crippen molar-refractivity contribution in [2.24, 2.45) is 0 Å². The van der Waals surface area contributed by atoms with Crippen LogP contribution in [0.5, 0.6) is 0 Å². The summed E-state index contributed by atoms with van der Waals surface area (Å²) in [6, 6.07) is 14.9. The molecule has 0 spiro atoms. The Bertz CT molecular complexity index is 485. The predicted octanol–water partition coefficient (Wildman–Crippen LogP) is 4.36. The highest BCUT2D eigenvalue weighted by molar-refractivity contribution is 9.10. The van der Waals surface area contributed by atoms with Crippen LogP contribution in [0, 0.1) is 5.82 Å². The van der Waals surface area contributed by atoms with Crippen molar-refractivity contribution in [2.75, 3.05) is 11.9 Å². The van der Waals surface area contributed by atoms with Gasteiger partial charge in [0.25, 0.3) is 0 Å². The topological polar surface area (TPSA) is 3.24 Å². The summed E-state index contributed by atoms with van der Waals surface area (Å²) >= 11 is 3.14. The van der Waals surface area contributed by atoms with Crippen molar-refractivity contribution in [2.45, 2.75) is 0 Å². The van der Waals surface area contributed by atoms with Gasteiger partial charge < -0.3 is 4.90 Å². The minimum atomic E-state index is -0.250. The molecule has 0 fully saturated rings. The van der Waals surface area contributed by atoms with Crippen LogP contribution >= 0.6 is 15.9 Å². The molecule has 1 nitrogen and oxygen atoms in total. The van der Waals surface area contributed by atoms with Gasteiger partial charge in [0.1, 0.15) is 5.82 Å². The Kier molecular flexibility index (Phi) is 3.25. The summed E-state index contributed by atoms with van der Waals surface area (Å²) in [7, 11) is 1.91. The van der Waals surface area contributed by atoms with Crippen molar-refractivity contribution in [3.8, 4) is 0 Å². The SMILES string of the molecule is CN(c1ccccc1)c1ccc(Br)c(F)c1. The quantitative estimate of drug-likeness (QED) is 0.790. The Morgan fingerprint density at radius 2 is 1.69 bits per heavy atom. The Labute approximate surface area is 103 Å². The lowest BCUT2D eigenvalue weighted by molar-refractivity contribution is 0.621. The second kappa shape index (κ2) is 4.66. The molecule has 0 aliphatic heterocycles. The number of hydrogen-bond acceptors (Lipinski definition) is 1. The van der Waals surface area contributed by atoms with Gasteiger partial charge in [0, 0.05) is 18.4 Å². The number of nitrogens with zero attached hydrogens (tertiary/aromatic N) is 1. The molecule has 0 atom stereocenters. The predicted molar refractivity (Wildman–Crippen MR) is 68.6 cm³/mol. The molecule has 0 aliphatic carbocycles. The average Bonchev–Trinajstić information content (AvgIpc) is 2.33. The van der Waals surface area contributed by atoms with Crippen molar-refractivity contribution in [1.82, 2.24) is 0 Å². The van der Waals surface area contributed by atoms with Gasteiger partial charge in [0.15, 0.2) is 0 Å². The number of anilines is 2. The first-order valence-electron chi connectivity index (χ1n) is 4.92. The summed E-state index contributed by atoms with van der Waals surface area (Å²) in [5.74, 6) is -0.250. The smallest absolute Gasteiger partial charge is 0.139 e. The zero-order valence-corrected chi connectivity index (χ0v) is 10.4. The van der Waals surface area contributed by atoms with Crippen molar-refractivity contribution < 1.29 is 4.39 Å². The Balaban J connectivity index is 2.34. The fraction of sp³-hybridized carbons (Fsp3) is 0.0769. The van der Waals surface area contributed by atoms with Gasteiger partial charge in [-0.2, -0.15) is 0 Å². The van der Waals surface area contributed by atoms with E-state index in [0.29, 0.717) is 4.47 Å². The van der Waals surface area contributed by atoms with Gasteiger partial charge in [0.2, 0.25) is 0 Å². The number of benzene rings is 2. The van der Waals surface area contributed by atoms with Crippen LogP contribution in [0.4, 0.5) is 15.8 Å². The average molecular weight is 280 g/mol. The third kappa shape index (κ3) is 2.25. The molecule has 2 aromatic rings. The summed E-state index contributed by atoms with van der Waals surface area (Å²) < 4.78 is 13.9. The van der Waals surface area contributed by atoms with E-state index in [2.05, 4.69) is 15.9 Å². The van der Waals surface area contributed by atoms with E-state index < -0.39 is 0 Å². The fourth-order valence-electron chi connectivity index (χ4n) is 1.49. The first kappa shape index (κ1) is 11.1. The molecule has 0 saturated heterocycles. The first-order valence-corrected chi connectivity index (χ1v) is 5.71. The zero-order valence-electron chi connectivity index (χ0n) is 8.82. The van der Waals surface area contributed by atoms with Crippen LogP contribution in [0.1, 0.15) is 0 Å². The standard InChI is InChI=1S/C13H11BrFN/c1-16(10-5-3-2-4-6-10)11-7-8-12(14)13(15)9-11/h2-9H,1H3. The van der Waals surface area contributed by atoms with Gasteiger partial charge in [-0.25, -0.2) is 4.39 Å². The maximum atomic E-state index is 13.4. The molecular weight excluding hydrogens is 269 g/mol. The first-order chi connectivity index (χ1) is 7.68. The molecular formula is C13H11BrFN. The molecule has 0 radical (unpaired) electrons. The van der Waals surface area contributed by atoms with E-state index in [9.17, 15) is 4.39 Å². The maximum absolute atomic E-state index is 13.4. The number of para-hydroxylation sites is 1. The van der Waals surface area contributed by atoms with Crippen LogP contribution in [0.3, 0.4) is 0 Å². The van der Waals surface area contributed by atoms with Crippen molar-refractivity contribution >= 4 is 27.3 Å². The Morgan fingerprint density at radius 1 is 1.00 bits per heavy atom. The highest BCUT2D eigenvalue weighted by atomic mass is 79.9. The molecule has 0 heterocycles. The number of hydrogen-bond donors (Lipinski definition) is 0. The lowest BCUT2D eigenvalue weighted by atomic mass is 10.2. The molecule has 16 heavy (non-hydrogen) atoms. The van der Waals surface area contributed by atoms with Gasteiger partial charge in [-0.05, 0) is 46.3 Å². The van der Waals surface area contributed by atoms with Crippen LogP contribution in [0.25, 0.3) is 0 Å². The van der Waals surface area contributed by atoms with E-state index >= 15 is 0 Å². The molecule has 2 rings (SSSR count). The molecule has 0 aliphatic rings. The second-order valence-corrected chi connectivity index (χ2v) is 4.35. The monoisotopic (exact) mass is 279 g/mol. The van der Waals surface area contributed by atoms with Crippen LogP contribution in [-0.4, -0.2) is 7.05 Å². The molecule has 0 aromatic heterocycles. The van der Waals surface area contributed by atoms with Crippen LogP contribution in [0.15, 0.2) is 53.0 Å². The highest BCUT2D eigenvalue weighted by Crippen LogP contribution is 2.26. The van der Waals surface area contributed by atoms with Crippen LogP contribution in [-0.2, 0) is 0 Å². The number of halogens is 2. The van der Waals surface area contributed by atoms with Crippen molar-refractivity contribution in [3.05, 3.63) is 58.8 Å². The normalized spacial score (nSPS) is 10.2. The molecule has 2 aromatic carbocycles. The summed E-state index contributed by atoms with van der Waals surface area (Å²) in [5, 5.41) is 0. The molecule has 0 bridgehead atoms. The van der Waals surface area contributed by atoms with E-state index in [-0.39, 0.29) is 5.82 Å². The maximum Gasteiger partial charge on any atom is 0.139 e. The molecule has 0 N–H and O–H groups in total. The summed E-state index contributed by atoms with van der Waals surface area (Å²) in [5.41, 5.74) is 1.86. The molecule has 82 valence electrons. The largest absolute Gasteiger partial charge is 0.345 e. The minimum Gasteiger partial charge on any atom is -0.345 e. The van der Waals surface area contributed by atoms with E-state index in [1.165, 1.54) is 6.07 Å². The highest BCUT2D eigenvalue weighted by Gasteiger charge is 2.06. The van der Waals surface area contributed by atoms with Gasteiger partial charge in [-0.3, -0.25) is 0 Å². The third-order valence-electron chi connectivity index (χ3n) is 2.43. The van der Waals surface area contributed by atoms with Crippen LogP contribution in [0.2, 0.25) is 0 Å². The zero-order chi connectivity index (χ0) is 11.5. The number of rotatable bonds is 2. The second-order valence-electron chi connectivity index (χ2n) is 3.49. The molecule has 0 saturated carbocycles. The van der Waals surface area contributed by atoms with Crippen molar-refractivity contribution in [3.63, 3.8) is 0 Å². The van der Waals surface area contributed by atoms with Gasteiger partial charge in [0.05, 0.1) is 4.47 Å². The van der Waals surface area contributed by atoms with Crippen LogP contribution < -0.4 is 4.90 Å². The Morgan fingerprint density at radius 3 is 2.31 bits per heavy atom. The van der Waals surface area contributed by atoms with Crippen molar-refractivity contribution in [1.29, 1.82) is 0 Å². The lowest BCUT2D eigenvalue weighted by Crippen LogP contribution is -2.09. The molecule has 0 amide bonds. The molecule has 3 heteroatoms. The third-order valence-corrected chi connectivity index (χ3v) is 3.08. The van der Waals surface area contributed by atoms with E-state index in [1.807, 2.05) is 48.3 Å². The minimum absolute atomic E-state index is 0.250. The molecule has 0 unspecified atom stereocenters. The summed E-state index contributed by atoms with van der Waals surface area (Å²) in [6.07, 6.45) is 0. The Hall–Kier alpha value is -1.35. The van der Waals surface area contributed by atoms with Gasteiger partial charge >= 0.3 is 0 Å². The summed E-state index contributed by atoms with van der Waals surface area (Å²) in [4.78, 5) is 1.94. The fourth-order valence-corrected chi connectivity index (χ4v) is 1.74. The van der Waals surface area contributed by atoms with E-state index in [0.717, 1.165) is 11.4 Å². The summed E-state index contributed by atoms with van der Waals surface area (Å²) in [6.45, 7) is 0. The van der Waals surface area contributed by atoms with E-state index in [1.54, 1.807) is 6.07 Å². The lowest BCUT2D eigenvalue weighted by Gasteiger charge is -2.19.